The van der Waals surface area contributed by atoms with Gasteiger partial charge in [-0.25, -0.2) is 0 Å². The van der Waals surface area contributed by atoms with Crippen LogP contribution in [0.25, 0.3) is 0 Å². The van der Waals surface area contributed by atoms with Crippen LogP contribution in [-0.2, 0) is 4.79 Å². The fourth-order valence-corrected chi connectivity index (χ4v) is 2.81. The van der Waals surface area contributed by atoms with Gasteiger partial charge < -0.3 is 5.32 Å². The first-order chi connectivity index (χ1) is 6.81. The van der Waals surface area contributed by atoms with E-state index in [0.29, 0.717) is 0 Å². The number of nitrogens with one attached hydrogen (secondary N) is 1. The summed E-state index contributed by atoms with van der Waals surface area (Å²) in [6.45, 7) is 2.06. The standard InChI is InChI=1S/C11H13NOS/c1-2-9-10(13)12-11(9)14-8-6-4-3-5-7-8/h3-7,9,11H,2H2,1H3,(H,12,13). The maximum Gasteiger partial charge on any atom is 0.226 e. The number of carbonyl (C=O) groups excluding carboxylic acids is 1. The van der Waals surface area contributed by atoms with Gasteiger partial charge in [0.15, 0.2) is 0 Å². The molecule has 0 aliphatic carbocycles. The smallest absolute Gasteiger partial charge is 0.226 e. The zero-order valence-corrected chi connectivity index (χ0v) is 8.88. The highest BCUT2D eigenvalue weighted by molar-refractivity contribution is 8.00. The average molecular weight is 207 g/mol. The molecule has 2 rings (SSSR count). The van der Waals surface area contributed by atoms with Crippen molar-refractivity contribution in [2.24, 2.45) is 5.92 Å². The summed E-state index contributed by atoms with van der Waals surface area (Å²) < 4.78 is 0. The van der Waals surface area contributed by atoms with E-state index >= 15 is 0 Å². The summed E-state index contributed by atoms with van der Waals surface area (Å²) in [6, 6.07) is 10.2. The Morgan fingerprint density at radius 2 is 2.07 bits per heavy atom. The minimum absolute atomic E-state index is 0.195. The van der Waals surface area contributed by atoms with Gasteiger partial charge in [0.2, 0.25) is 5.91 Å². The highest BCUT2D eigenvalue weighted by Crippen LogP contribution is 2.33. The van der Waals surface area contributed by atoms with E-state index in [1.54, 1.807) is 11.8 Å². The molecule has 14 heavy (non-hydrogen) atoms. The first kappa shape index (κ1) is 9.59. The molecule has 2 atom stereocenters. The van der Waals surface area contributed by atoms with Gasteiger partial charge in [-0.05, 0) is 18.6 Å². The molecule has 0 spiro atoms. The molecule has 74 valence electrons. The van der Waals surface area contributed by atoms with Gasteiger partial charge in [0.25, 0.3) is 0 Å². The van der Waals surface area contributed by atoms with Crippen molar-refractivity contribution in [3.05, 3.63) is 30.3 Å². The first-order valence-corrected chi connectivity index (χ1v) is 5.71. The maximum atomic E-state index is 11.1. The number of hydrogen-bond acceptors (Lipinski definition) is 2. The van der Waals surface area contributed by atoms with Crippen molar-refractivity contribution >= 4 is 17.7 Å². The van der Waals surface area contributed by atoms with Crippen LogP contribution in [0, 0.1) is 5.92 Å². The Morgan fingerprint density at radius 3 is 2.64 bits per heavy atom. The van der Waals surface area contributed by atoms with Crippen molar-refractivity contribution in [3.8, 4) is 0 Å². The molecular formula is C11H13NOS. The van der Waals surface area contributed by atoms with Crippen LogP contribution in [0.3, 0.4) is 0 Å². The lowest BCUT2D eigenvalue weighted by atomic mass is 9.99. The summed E-state index contributed by atoms with van der Waals surface area (Å²) in [5, 5.41) is 3.19. The SMILES string of the molecule is CCC1C(=O)NC1Sc1ccccc1. The Bertz CT molecular complexity index is 325. The maximum absolute atomic E-state index is 11.1. The molecule has 1 aromatic rings. The van der Waals surface area contributed by atoms with Gasteiger partial charge in [0.05, 0.1) is 11.3 Å². The van der Waals surface area contributed by atoms with E-state index in [1.165, 1.54) is 4.90 Å². The minimum atomic E-state index is 0.195. The fourth-order valence-electron chi connectivity index (χ4n) is 1.55. The average Bonchev–Trinajstić information content (AvgIpc) is 2.19. The van der Waals surface area contributed by atoms with Gasteiger partial charge in [0, 0.05) is 4.90 Å². The zero-order chi connectivity index (χ0) is 9.97. The first-order valence-electron chi connectivity index (χ1n) is 4.83. The highest BCUT2D eigenvalue weighted by Gasteiger charge is 2.38. The van der Waals surface area contributed by atoms with Crippen LogP contribution in [0.2, 0.25) is 0 Å². The Morgan fingerprint density at radius 1 is 1.36 bits per heavy atom. The second-order valence-corrected chi connectivity index (χ2v) is 4.59. The van der Waals surface area contributed by atoms with E-state index in [4.69, 9.17) is 0 Å². The summed E-state index contributed by atoms with van der Waals surface area (Å²) in [6.07, 6.45) is 0.927. The number of benzene rings is 1. The van der Waals surface area contributed by atoms with Crippen LogP contribution in [-0.4, -0.2) is 11.3 Å². The van der Waals surface area contributed by atoms with Crippen LogP contribution in [0.1, 0.15) is 13.3 Å². The van der Waals surface area contributed by atoms with Crippen LogP contribution in [0.4, 0.5) is 0 Å². The minimum Gasteiger partial charge on any atom is -0.343 e. The van der Waals surface area contributed by atoms with E-state index in [0.717, 1.165) is 6.42 Å². The third-order valence-corrected chi connectivity index (χ3v) is 3.68. The van der Waals surface area contributed by atoms with Crippen molar-refractivity contribution in [2.45, 2.75) is 23.6 Å². The number of β-lactam (4-membered cyclic amide) rings is 1. The molecule has 3 heteroatoms. The summed E-state index contributed by atoms with van der Waals surface area (Å²) in [7, 11) is 0. The third-order valence-electron chi connectivity index (χ3n) is 2.43. The van der Waals surface area contributed by atoms with Crippen molar-refractivity contribution in [3.63, 3.8) is 0 Å². The monoisotopic (exact) mass is 207 g/mol. The molecule has 1 aromatic carbocycles. The van der Waals surface area contributed by atoms with E-state index in [-0.39, 0.29) is 17.2 Å². The largest absolute Gasteiger partial charge is 0.343 e. The van der Waals surface area contributed by atoms with Crippen LogP contribution in [0.15, 0.2) is 35.2 Å². The van der Waals surface area contributed by atoms with E-state index in [1.807, 2.05) is 18.2 Å². The van der Waals surface area contributed by atoms with Crippen LogP contribution in [0.5, 0.6) is 0 Å². The van der Waals surface area contributed by atoms with E-state index in [9.17, 15) is 4.79 Å². The Hall–Kier alpha value is -0.960. The van der Waals surface area contributed by atoms with Crippen LogP contribution < -0.4 is 5.32 Å². The number of thioether (sulfide) groups is 1. The molecule has 2 unspecified atom stereocenters. The molecule has 0 aromatic heterocycles. The molecule has 0 saturated carbocycles. The van der Waals surface area contributed by atoms with Crippen LogP contribution >= 0.6 is 11.8 Å². The van der Waals surface area contributed by atoms with E-state index in [2.05, 4.69) is 24.4 Å². The van der Waals surface area contributed by atoms with Gasteiger partial charge in [-0.2, -0.15) is 0 Å². The van der Waals surface area contributed by atoms with Gasteiger partial charge in [-0.3, -0.25) is 4.79 Å². The normalized spacial score (nSPS) is 25.4. The molecular weight excluding hydrogens is 194 g/mol. The van der Waals surface area contributed by atoms with Gasteiger partial charge in [0.1, 0.15) is 0 Å². The van der Waals surface area contributed by atoms with Crippen molar-refractivity contribution in [1.82, 2.24) is 5.32 Å². The molecule has 0 bridgehead atoms. The summed E-state index contributed by atoms with van der Waals surface area (Å²) in [4.78, 5) is 12.4. The predicted octanol–water partition coefficient (Wildman–Crippen LogP) is 2.26. The summed E-state index contributed by atoms with van der Waals surface area (Å²) >= 11 is 1.73. The highest BCUT2D eigenvalue weighted by atomic mass is 32.2. The van der Waals surface area contributed by atoms with Gasteiger partial charge in [-0.15, -0.1) is 11.8 Å². The summed E-state index contributed by atoms with van der Waals surface area (Å²) in [5.41, 5.74) is 0. The lowest BCUT2D eigenvalue weighted by Gasteiger charge is -2.35. The quantitative estimate of drug-likeness (QED) is 0.770. The molecule has 1 aliphatic rings. The number of amides is 1. The molecule has 1 aliphatic heterocycles. The van der Waals surface area contributed by atoms with Gasteiger partial charge in [-0.1, -0.05) is 25.1 Å². The topological polar surface area (TPSA) is 29.1 Å². The molecule has 1 heterocycles. The third kappa shape index (κ3) is 1.77. The lowest BCUT2D eigenvalue weighted by molar-refractivity contribution is -0.132. The van der Waals surface area contributed by atoms with Gasteiger partial charge >= 0.3 is 0 Å². The second-order valence-electron chi connectivity index (χ2n) is 3.37. The van der Waals surface area contributed by atoms with Crippen molar-refractivity contribution < 1.29 is 4.79 Å². The second kappa shape index (κ2) is 4.05. The van der Waals surface area contributed by atoms with Crippen molar-refractivity contribution in [2.75, 3.05) is 0 Å². The number of rotatable bonds is 3. The Balaban J connectivity index is 1.97. The number of hydrogen-bond donors (Lipinski definition) is 1. The predicted molar refractivity (Wildman–Crippen MR) is 58.0 cm³/mol. The zero-order valence-electron chi connectivity index (χ0n) is 8.07. The molecule has 1 saturated heterocycles. The molecule has 0 radical (unpaired) electrons. The number of carbonyl (C=O) groups is 1. The molecule has 1 N–H and O–H groups in total. The molecule has 2 nitrogen and oxygen atoms in total. The fraction of sp³-hybridized carbons (Fsp3) is 0.364. The lowest BCUT2D eigenvalue weighted by Crippen LogP contribution is -2.55. The van der Waals surface area contributed by atoms with Crippen molar-refractivity contribution in [1.29, 1.82) is 0 Å². The Kier molecular flexibility index (Phi) is 2.77. The molecule has 1 amide bonds. The Labute approximate surface area is 88.1 Å². The van der Waals surface area contributed by atoms with E-state index < -0.39 is 0 Å². The summed E-state index contributed by atoms with van der Waals surface area (Å²) in [5.74, 6) is 0.390. The molecule has 1 fully saturated rings.